The number of hydrogen-bond acceptors (Lipinski definition) is 5. The molecule has 0 saturated carbocycles. The number of halogens is 2. The lowest BCUT2D eigenvalue weighted by Crippen LogP contribution is -2.51. The summed E-state index contributed by atoms with van der Waals surface area (Å²) in [7, 11) is 0. The fourth-order valence-corrected chi connectivity index (χ4v) is 5.68. The van der Waals surface area contributed by atoms with Crippen molar-refractivity contribution < 1.29 is 23.1 Å². The minimum absolute atomic E-state index is 0.0568. The predicted octanol–water partition coefficient (Wildman–Crippen LogP) is 3.75. The van der Waals surface area contributed by atoms with Crippen molar-refractivity contribution in [3.8, 4) is 0 Å². The monoisotopic (exact) mass is 542 g/mol. The van der Waals surface area contributed by atoms with Gasteiger partial charge in [-0.1, -0.05) is 12.1 Å². The van der Waals surface area contributed by atoms with E-state index in [-0.39, 0.29) is 49.1 Å². The molecule has 2 aliphatic rings. The first-order chi connectivity index (χ1) is 18.9. The Bertz CT molecular complexity index is 1400. The lowest BCUT2D eigenvalue weighted by atomic mass is 9.93. The average molecular weight is 543 g/mol. The Morgan fingerprint density at radius 3 is 2.64 bits per heavy atom. The molecule has 208 valence electrons. The SMILES string of the molecule is CCOC(=O)N1C[C@H](NC(=O)N2CCC(n3c(=O)[nH]c4ncccc43)CC2)CC[C@@H](c2cccc(F)c2F)C1. The molecule has 0 aliphatic carbocycles. The number of aromatic nitrogens is 3. The Balaban J connectivity index is 1.24. The molecular weight excluding hydrogens is 510 g/mol. The molecule has 2 atom stereocenters. The summed E-state index contributed by atoms with van der Waals surface area (Å²) >= 11 is 0. The normalized spacial score (nSPS) is 20.6. The number of urea groups is 1. The number of imidazole rings is 1. The lowest BCUT2D eigenvalue weighted by Gasteiger charge is -2.34. The summed E-state index contributed by atoms with van der Waals surface area (Å²) < 4.78 is 35.4. The van der Waals surface area contributed by atoms with Gasteiger partial charge < -0.3 is 19.9 Å². The van der Waals surface area contributed by atoms with E-state index in [9.17, 15) is 23.2 Å². The van der Waals surface area contributed by atoms with E-state index in [1.807, 2.05) is 6.07 Å². The van der Waals surface area contributed by atoms with Gasteiger partial charge >= 0.3 is 17.8 Å². The van der Waals surface area contributed by atoms with Gasteiger partial charge in [-0.2, -0.15) is 0 Å². The molecule has 39 heavy (non-hydrogen) atoms. The van der Waals surface area contributed by atoms with Gasteiger partial charge in [0.2, 0.25) is 0 Å². The van der Waals surface area contributed by atoms with Crippen LogP contribution in [-0.2, 0) is 4.74 Å². The minimum Gasteiger partial charge on any atom is -0.450 e. The second-order valence-electron chi connectivity index (χ2n) is 10.1. The molecule has 2 aromatic heterocycles. The molecular formula is C27H32F2N6O4. The first-order valence-electron chi connectivity index (χ1n) is 13.3. The molecule has 2 saturated heterocycles. The molecule has 0 spiro atoms. The Hall–Kier alpha value is -3.96. The highest BCUT2D eigenvalue weighted by Gasteiger charge is 2.33. The standard InChI is InChI=1S/C27H32F2N6O4/c1-2-39-27(38)34-15-17(20-5-3-6-21(28)23(20)29)8-9-18(16-34)31-25(36)33-13-10-19(11-14-33)35-22-7-4-12-30-24(22)32-26(35)37/h3-7,12,17-19H,2,8-11,13-16H2,1H3,(H,31,36)(H,30,32,37)/t17-,18-/m1/s1. The quantitative estimate of drug-likeness (QED) is 0.522. The summed E-state index contributed by atoms with van der Waals surface area (Å²) in [5.74, 6) is -2.28. The van der Waals surface area contributed by atoms with Gasteiger partial charge in [0.15, 0.2) is 17.3 Å². The average Bonchev–Trinajstić information content (AvgIpc) is 3.12. The Kier molecular flexibility index (Phi) is 7.80. The van der Waals surface area contributed by atoms with E-state index in [4.69, 9.17) is 4.74 Å². The summed E-state index contributed by atoms with van der Waals surface area (Å²) in [6.07, 6.45) is 3.23. The zero-order valence-electron chi connectivity index (χ0n) is 21.7. The summed E-state index contributed by atoms with van der Waals surface area (Å²) in [6.45, 7) is 3.15. The second-order valence-corrected chi connectivity index (χ2v) is 10.1. The molecule has 1 aromatic carbocycles. The number of hydrogen-bond donors (Lipinski definition) is 2. The number of fused-ring (bicyclic) bond motifs is 1. The number of H-pyrrole nitrogens is 1. The van der Waals surface area contributed by atoms with Crippen LogP contribution in [0.1, 0.15) is 50.1 Å². The van der Waals surface area contributed by atoms with E-state index in [0.29, 0.717) is 44.4 Å². The first kappa shape index (κ1) is 26.6. The fraction of sp³-hybridized carbons (Fsp3) is 0.481. The maximum absolute atomic E-state index is 14.6. The smallest absolute Gasteiger partial charge is 0.409 e. The first-order valence-corrected chi connectivity index (χ1v) is 13.3. The highest BCUT2D eigenvalue weighted by Crippen LogP contribution is 2.30. The van der Waals surface area contributed by atoms with Crippen molar-refractivity contribution in [1.82, 2.24) is 29.7 Å². The van der Waals surface area contributed by atoms with Crippen LogP contribution in [0.5, 0.6) is 0 Å². The van der Waals surface area contributed by atoms with Gasteiger partial charge in [-0.15, -0.1) is 0 Å². The maximum atomic E-state index is 14.6. The Morgan fingerprint density at radius 1 is 1.08 bits per heavy atom. The number of pyridine rings is 1. The fourth-order valence-electron chi connectivity index (χ4n) is 5.68. The van der Waals surface area contributed by atoms with E-state index in [0.717, 1.165) is 11.6 Å². The second kappa shape index (κ2) is 11.4. The van der Waals surface area contributed by atoms with Crippen molar-refractivity contribution in [2.45, 2.75) is 50.6 Å². The highest BCUT2D eigenvalue weighted by molar-refractivity contribution is 5.75. The molecule has 0 unspecified atom stereocenters. The summed E-state index contributed by atoms with van der Waals surface area (Å²) in [5, 5.41) is 3.03. The molecule has 2 aliphatic heterocycles. The molecule has 3 aromatic rings. The highest BCUT2D eigenvalue weighted by atomic mass is 19.2. The van der Waals surface area contributed by atoms with E-state index >= 15 is 0 Å². The number of carbonyl (C=O) groups is 2. The maximum Gasteiger partial charge on any atom is 0.409 e. The predicted molar refractivity (Wildman–Crippen MR) is 139 cm³/mol. The Morgan fingerprint density at radius 2 is 1.87 bits per heavy atom. The largest absolute Gasteiger partial charge is 0.450 e. The molecule has 0 radical (unpaired) electrons. The number of piperidine rings is 1. The van der Waals surface area contributed by atoms with Gasteiger partial charge in [-0.3, -0.25) is 9.55 Å². The third kappa shape index (κ3) is 5.59. The van der Waals surface area contributed by atoms with Crippen molar-refractivity contribution in [2.75, 3.05) is 32.8 Å². The van der Waals surface area contributed by atoms with Crippen molar-refractivity contribution in [3.05, 3.63) is 64.2 Å². The summed E-state index contributed by atoms with van der Waals surface area (Å²) in [5.41, 5.74) is 1.28. The summed E-state index contributed by atoms with van der Waals surface area (Å²) in [6, 6.07) is 6.99. The van der Waals surface area contributed by atoms with Crippen LogP contribution in [0, 0.1) is 11.6 Å². The number of benzene rings is 1. The zero-order chi connectivity index (χ0) is 27.5. The third-order valence-corrected chi connectivity index (χ3v) is 7.63. The Labute approximate surface area is 223 Å². The number of carbonyl (C=O) groups excluding carboxylic acids is 2. The number of nitrogens with one attached hydrogen (secondary N) is 2. The molecule has 2 fully saturated rings. The molecule has 5 rings (SSSR count). The topological polar surface area (TPSA) is 113 Å². The van der Waals surface area contributed by atoms with Crippen LogP contribution >= 0.6 is 0 Å². The van der Waals surface area contributed by atoms with Gasteiger partial charge in [0.1, 0.15) is 0 Å². The van der Waals surface area contributed by atoms with Crippen LogP contribution in [0.15, 0.2) is 41.3 Å². The van der Waals surface area contributed by atoms with Crippen LogP contribution < -0.4 is 11.0 Å². The van der Waals surface area contributed by atoms with Crippen molar-refractivity contribution in [1.29, 1.82) is 0 Å². The van der Waals surface area contributed by atoms with E-state index in [1.54, 1.807) is 28.7 Å². The molecule has 12 heteroatoms. The van der Waals surface area contributed by atoms with Crippen molar-refractivity contribution >= 4 is 23.3 Å². The summed E-state index contributed by atoms with van der Waals surface area (Å²) in [4.78, 5) is 48.5. The number of rotatable bonds is 4. The van der Waals surface area contributed by atoms with Crippen LogP contribution in [-0.4, -0.2) is 75.3 Å². The van der Waals surface area contributed by atoms with E-state index in [2.05, 4.69) is 15.3 Å². The molecule has 0 bridgehead atoms. The van der Waals surface area contributed by atoms with Crippen LogP contribution in [0.4, 0.5) is 18.4 Å². The number of nitrogens with zero attached hydrogens (tertiary/aromatic N) is 4. The van der Waals surface area contributed by atoms with Crippen LogP contribution in [0.25, 0.3) is 11.2 Å². The van der Waals surface area contributed by atoms with Gasteiger partial charge in [0.25, 0.3) is 0 Å². The zero-order valence-corrected chi connectivity index (χ0v) is 21.7. The molecule has 2 N–H and O–H groups in total. The lowest BCUT2D eigenvalue weighted by molar-refractivity contribution is 0.103. The molecule has 3 amide bonds. The number of likely N-dealkylation sites (tertiary alicyclic amines) is 2. The van der Waals surface area contributed by atoms with Crippen molar-refractivity contribution in [3.63, 3.8) is 0 Å². The van der Waals surface area contributed by atoms with Gasteiger partial charge in [0, 0.05) is 50.4 Å². The number of amides is 3. The van der Waals surface area contributed by atoms with Gasteiger partial charge in [-0.25, -0.2) is 28.1 Å². The van der Waals surface area contributed by atoms with Gasteiger partial charge in [-0.05, 0) is 56.4 Å². The molecule has 10 nitrogen and oxygen atoms in total. The van der Waals surface area contributed by atoms with Crippen molar-refractivity contribution in [2.24, 2.45) is 0 Å². The van der Waals surface area contributed by atoms with Crippen LogP contribution in [0.3, 0.4) is 0 Å². The number of aromatic amines is 1. The van der Waals surface area contributed by atoms with E-state index in [1.165, 1.54) is 17.0 Å². The van der Waals surface area contributed by atoms with Crippen LogP contribution in [0.2, 0.25) is 0 Å². The minimum atomic E-state index is -0.932. The van der Waals surface area contributed by atoms with Gasteiger partial charge in [0.05, 0.1) is 12.1 Å². The van der Waals surface area contributed by atoms with E-state index < -0.39 is 23.6 Å². The third-order valence-electron chi connectivity index (χ3n) is 7.63. The number of ether oxygens (including phenoxy) is 1. The molecule has 4 heterocycles.